The molecule has 1 aromatic rings. The number of rotatable bonds is 5. The fourth-order valence-electron chi connectivity index (χ4n) is 2.86. The van der Waals surface area contributed by atoms with Gasteiger partial charge in [-0.05, 0) is 57.8 Å². The predicted octanol–water partition coefficient (Wildman–Crippen LogP) is 1.13. The fourth-order valence-corrected chi connectivity index (χ4v) is 2.86. The second-order valence-corrected chi connectivity index (χ2v) is 5.86. The molecule has 1 saturated heterocycles. The van der Waals surface area contributed by atoms with Gasteiger partial charge in [0.1, 0.15) is 0 Å². The zero-order valence-corrected chi connectivity index (χ0v) is 12.9. The van der Waals surface area contributed by atoms with Crippen LogP contribution in [0.25, 0.3) is 0 Å². The van der Waals surface area contributed by atoms with Crippen molar-refractivity contribution in [3.05, 3.63) is 29.1 Å². The van der Waals surface area contributed by atoms with E-state index in [2.05, 4.69) is 15.2 Å². The molecule has 116 valence electrons. The topological polar surface area (TPSA) is 65.5 Å². The highest BCUT2D eigenvalue weighted by molar-refractivity contribution is 5.94. The van der Waals surface area contributed by atoms with Crippen molar-refractivity contribution in [3.8, 4) is 0 Å². The summed E-state index contributed by atoms with van der Waals surface area (Å²) in [5.74, 6) is 0.523. The van der Waals surface area contributed by atoms with Gasteiger partial charge in [-0.15, -0.1) is 0 Å². The number of nitrogens with zero attached hydrogens (tertiary/aromatic N) is 2. The molecule has 0 unspecified atom stereocenters. The molecule has 0 aliphatic carbocycles. The minimum atomic E-state index is -0.0126. The first-order valence-corrected chi connectivity index (χ1v) is 7.65. The molecule has 0 atom stereocenters. The predicted molar refractivity (Wildman–Crippen MR) is 82.3 cm³/mol. The van der Waals surface area contributed by atoms with Crippen LogP contribution in [0.3, 0.4) is 0 Å². The molecule has 2 heterocycles. The van der Waals surface area contributed by atoms with Gasteiger partial charge < -0.3 is 15.3 Å². The molecule has 5 nitrogen and oxygen atoms in total. The molecular weight excluding hydrogens is 266 g/mol. The standard InChI is InChI=1S/C16H25N3O2/c1-12-9-15(10-13(2)18-12)16(21)17-11-14-3-5-19(6-4-14)7-8-20/h9-10,14,20H,3-8,11H2,1-2H3,(H,17,21). The number of carbonyl (C=O) groups excluding carboxylic acids is 1. The molecule has 1 fully saturated rings. The third-order valence-corrected chi connectivity index (χ3v) is 4.02. The van der Waals surface area contributed by atoms with Crippen LogP contribution in [-0.2, 0) is 0 Å². The molecule has 1 aromatic heterocycles. The van der Waals surface area contributed by atoms with E-state index in [-0.39, 0.29) is 12.5 Å². The Hall–Kier alpha value is -1.46. The summed E-state index contributed by atoms with van der Waals surface area (Å²) in [5.41, 5.74) is 2.44. The normalized spacial score (nSPS) is 16.9. The summed E-state index contributed by atoms with van der Waals surface area (Å²) in [6.07, 6.45) is 2.16. The lowest BCUT2D eigenvalue weighted by molar-refractivity contribution is 0.0932. The molecule has 0 bridgehead atoms. The van der Waals surface area contributed by atoms with Gasteiger partial charge in [-0.2, -0.15) is 0 Å². The van der Waals surface area contributed by atoms with Crippen LogP contribution in [0, 0.1) is 19.8 Å². The Labute approximate surface area is 126 Å². The number of nitrogens with one attached hydrogen (secondary N) is 1. The molecule has 21 heavy (non-hydrogen) atoms. The lowest BCUT2D eigenvalue weighted by Crippen LogP contribution is -2.39. The molecule has 0 saturated carbocycles. The number of aliphatic hydroxyl groups excluding tert-OH is 1. The van der Waals surface area contributed by atoms with E-state index in [0.717, 1.165) is 50.4 Å². The lowest BCUT2D eigenvalue weighted by Gasteiger charge is -2.31. The van der Waals surface area contributed by atoms with Gasteiger partial charge >= 0.3 is 0 Å². The molecule has 0 aromatic carbocycles. The van der Waals surface area contributed by atoms with Crippen LogP contribution >= 0.6 is 0 Å². The van der Waals surface area contributed by atoms with Crippen LogP contribution in [0.4, 0.5) is 0 Å². The molecule has 0 spiro atoms. The van der Waals surface area contributed by atoms with Crippen molar-refractivity contribution in [2.45, 2.75) is 26.7 Å². The fraction of sp³-hybridized carbons (Fsp3) is 0.625. The van der Waals surface area contributed by atoms with E-state index in [1.165, 1.54) is 0 Å². The van der Waals surface area contributed by atoms with E-state index in [4.69, 9.17) is 5.11 Å². The van der Waals surface area contributed by atoms with Gasteiger partial charge in [-0.3, -0.25) is 9.78 Å². The molecular formula is C16H25N3O2. The first-order valence-electron chi connectivity index (χ1n) is 7.65. The maximum absolute atomic E-state index is 12.2. The van der Waals surface area contributed by atoms with Crippen LogP contribution < -0.4 is 5.32 Å². The second-order valence-electron chi connectivity index (χ2n) is 5.86. The summed E-state index contributed by atoms with van der Waals surface area (Å²) in [4.78, 5) is 18.7. The maximum Gasteiger partial charge on any atom is 0.251 e. The Balaban J connectivity index is 1.79. The van der Waals surface area contributed by atoms with Crippen molar-refractivity contribution < 1.29 is 9.90 Å². The monoisotopic (exact) mass is 291 g/mol. The smallest absolute Gasteiger partial charge is 0.251 e. The van der Waals surface area contributed by atoms with Crippen molar-refractivity contribution in [1.29, 1.82) is 0 Å². The third-order valence-electron chi connectivity index (χ3n) is 4.02. The van der Waals surface area contributed by atoms with Gasteiger partial charge in [0.15, 0.2) is 0 Å². The number of β-amino-alcohol motifs (C(OH)–C–C–N with tert-alkyl or cyclic N) is 1. The average molecular weight is 291 g/mol. The van der Waals surface area contributed by atoms with Crippen molar-refractivity contribution in [1.82, 2.24) is 15.2 Å². The summed E-state index contributed by atoms with van der Waals surface area (Å²) in [6, 6.07) is 3.65. The van der Waals surface area contributed by atoms with Crippen molar-refractivity contribution in [2.75, 3.05) is 32.8 Å². The molecule has 0 radical (unpaired) electrons. The van der Waals surface area contributed by atoms with Crippen LogP contribution in [0.15, 0.2) is 12.1 Å². The van der Waals surface area contributed by atoms with Gasteiger partial charge in [0.25, 0.3) is 5.91 Å². The highest BCUT2D eigenvalue weighted by Gasteiger charge is 2.19. The highest BCUT2D eigenvalue weighted by atomic mass is 16.3. The first kappa shape index (κ1) is 15.9. The summed E-state index contributed by atoms with van der Waals surface area (Å²) < 4.78 is 0. The van der Waals surface area contributed by atoms with E-state index in [9.17, 15) is 4.79 Å². The average Bonchev–Trinajstić information content (AvgIpc) is 2.45. The maximum atomic E-state index is 12.2. The number of likely N-dealkylation sites (tertiary alicyclic amines) is 1. The zero-order chi connectivity index (χ0) is 15.2. The van der Waals surface area contributed by atoms with Crippen molar-refractivity contribution in [2.24, 2.45) is 5.92 Å². The number of aryl methyl sites for hydroxylation is 2. The SMILES string of the molecule is Cc1cc(C(=O)NCC2CCN(CCO)CC2)cc(C)n1. The van der Waals surface area contributed by atoms with Gasteiger partial charge in [0.2, 0.25) is 0 Å². The third kappa shape index (κ3) is 4.79. The summed E-state index contributed by atoms with van der Waals surface area (Å²) in [6.45, 7) is 7.54. The summed E-state index contributed by atoms with van der Waals surface area (Å²) in [5, 5.41) is 12.0. The van der Waals surface area contributed by atoms with E-state index in [0.29, 0.717) is 11.5 Å². The molecule has 1 aliphatic rings. The number of aliphatic hydroxyl groups is 1. The molecule has 1 amide bonds. The number of aromatic nitrogens is 1. The Kier molecular flexibility index (Phi) is 5.70. The Morgan fingerprint density at radius 3 is 2.52 bits per heavy atom. The number of piperidine rings is 1. The lowest BCUT2D eigenvalue weighted by atomic mass is 9.96. The van der Waals surface area contributed by atoms with E-state index in [1.807, 2.05) is 26.0 Å². The first-order chi connectivity index (χ1) is 10.1. The minimum Gasteiger partial charge on any atom is -0.395 e. The Morgan fingerprint density at radius 2 is 1.95 bits per heavy atom. The van der Waals surface area contributed by atoms with Gasteiger partial charge in [-0.25, -0.2) is 0 Å². The van der Waals surface area contributed by atoms with Crippen LogP contribution in [0.2, 0.25) is 0 Å². The number of pyridine rings is 1. The van der Waals surface area contributed by atoms with Crippen LogP contribution in [0.5, 0.6) is 0 Å². The van der Waals surface area contributed by atoms with E-state index in [1.54, 1.807) is 0 Å². The summed E-state index contributed by atoms with van der Waals surface area (Å²) >= 11 is 0. The van der Waals surface area contributed by atoms with Crippen LogP contribution in [-0.4, -0.2) is 53.7 Å². The van der Waals surface area contributed by atoms with E-state index >= 15 is 0 Å². The molecule has 2 N–H and O–H groups in total. The molecule has 2 rings (SSSR count). The number of hydrogen-bond donors (Lipinski definition) is 2. The quantitative estimate of drug-likeness (QED) is 0.853. The van der Waals surface area contributed by atoms with Crippen LogP contribution in [0.1, 0.15) is 34.6 Å². The summed E-state index contributed by atoms with van der Waals surface area (Å²) in [7, 11) is 0. The highest BCUT2D eigenvalue weighted by Crippen LogP contribution is 2.16. The molecule has 5 heteroatoms. The second kappa shape index (κ2) is 7.52. The van der Waals surface area contributed by atoms with Gasteiger partial charge in [0, 0.05) is 30.0 Å². The van der Waals surface area contributed by atoms with Gasteiger partial charge in [0.05, 0.1) is 6.61 Å². The Bertz CT molecular complexity index is 462. The zero-order valence-electron chi connectivity index (χ0n) is 12.9. The minimum absolute atomic E-state index is 0.0126. The molecule has 1 aliphatic heterocycles. The number of amides is 1. The number of carbonyl (C=O) groups is 1. The largest absolute Gasteiger partial charge is 0.395 e. The van der Waals surface area contributed by atoms with Gasteiger partial charge in [-0.1, -0.05) is 0 Å². The number of hydrogen-bond acceptors (Lipinski definition) is 4. The van der Waals surface area contributed by atoms with Crippen molar-refractivity contribution in [3.63, 3.8) is 0 Å². The van der Waals surface area contributed by atoms with Crippen molar-refractivity contribution >= 4 is 5.91 Å². The Morgan fingerprint density at radius 1 is 1.33 bits per heavy atom. The van der Waals surface area contributed by atoms with E-state index < -0.39 is 0 Å².